The third kappa shape index (κ3) is 5.39. The highest BCUT2D eigenvalue weighted by Gasteiger charge is 2.34. The summed E-state index contributed by atoms with van der Waals surface area (Å²) in [6.07, 6.45) is 5.31. The Morgan fingerprint density at radius 3 is 2.65 bits per heavy atom. The third-order valence-corrected chi connectivity index (χ3v) is 5.18. The van der Waals surface area contributed by atoms with Gasteiger partial charge in [-0.3, -0.25) is 4.99 Å². The van der Waals surface area contributed by atoms with Crippen molar-refractivity contribution in [1.82, 2.24) is 0 Å². The van der Waals surface area contributed by atoms with E-state index in [1.165, 1.54) is 12.8 Å². The molecule has 2 aliphatic rings. The van der Waals surface area contributed by atoms with Crippen LogP contribution in [-0.4, -0.2) is 38.4 Å². The van der Waals surface area contributed by atoms with Gasteiger partial charge >= 0.3 is 0 Å². The van der Waals surface area contributed by atoms with Crippen molar-refractivity contribution < 1.29 is 14.2 Å². The largest absolute Gasteiger partial charge is 0.490 e. The van der Waals surface area contributed by atoms with Gasteiger partial charge in [0.1, 0.15) is 0 Å². The number of hydrogen-bond donors (Lipinski definition) is 2. The van der Waals surface area contributed by atoms with E-state index in [0.717, 1.165) is 42.4 Å². The van der Waals surface area contributed by atoms with Gasteiger partial charge in [-0.1, -0.05) is 6.92 Å². The first-order valence-electron chi connectivity index (χ1n) is 9.12. The maximum Gasteiger partial charge on any atom is 0.193 e. The summed E-state index contributed by atoms with van der Waals surface area (Å²) in [7, 11) is 1.78. The molecule has 146 valence electrons. The van der Waals surface area contributed by atoms with Crippen molar-refractivity contribution in [2.24, 2.45) is 16.6 Å². The van der Waals surface area contributed by atoms with Crippen LogP contribution in [0.1, 0.15) is 39.0 Å². The van der Waals surface area contributed by atoms with Gasteiger partial charge in [0, 0.05) is 25.3 Å². The molecule has 0 atom stereocenters. The lowest BCUT2D eigenvalue weighted by molar-refractivity contribution is -0.0394. The van der Waals surface area contributed by atoms with Gasteiger partial charge in [-0.15, -0.1) is 24.0 Å². The van der Waals surface area contributed by atoms with E-state index in [1.54, 1.807) is 7.11 Å². The average molecular weight is 475 g/mol. The van der Waals surface area contributed by atoms with Gasteiger partial charge < -0.3 is 25.3 Å². The highest BCUT2D eigenvalue weighted by atomic mass is 127. The first-order chi connectivity index (χ1) is 12.1. The van der Waals surface area contributed by atoms with E-state index in [1.807, 2.05) is 18.2 Å². The molecule has 1 aromatic carbocycles. The van der Waals surface area contributed by atoms with Gasteiger partial charge in [0.15, 0.2) is 17.5 Å². The third-order valence-electron chi connectivity index (χ3n) is 5.18. The van der Waals surface area contributed by atoms with Gasteiger partial charge in [0.2, 0.25) is 0 Å². The fourth-order valence-electron chi connectivity index (χ4n) is 3.37. The number of halogens is 1. The molecule has 0 amide bonds. The molecule has 26 heavy (non-hydrogen) atoms. The van der Waals surface area contributed by atoms with Gasteiger partial charge in [-0.2, -0.15) is 0 Å². The number of nitrogens with zero attached hydrogens (tertiary/aromatic N) is 1. The van der Waals surface area contributed by atoms with E-state index in [-0.39, 0.29) is 29.6 Å². The first-order valence-corrected chi connectivity index (χ1v) is 9.12. The van der Waals surface area contributed by atoms with Crippen LogP contribution < -0.4 is 20.5 Å². The zero-order valence-corrected chi connectivity index (χ0v) is 18.0. The molecular weight excluding hydrogens is 445 g/mol. The smallest absolute Gasteiger partial charge is 0.193 e. The van der Waals surface area contributed by atoms with Crippen LogP contribution in [0.4, 0.5) is 5.69 Å². The number of methoxy groups -OCH3 is 1. The van der Waals surface area contributed by atoms with Crippen molar-refractivity contribution in [1.29, 1.82) is 0 Å². The minimum absolute atomic E-state index is 0. The predicted molar refractivity (Wildman–Crippen MR) is 115 cm³/mol. The normalized spacial score (nSPS) is 25.8. The van der Waals surface area contributed by atoms with E-state index >= 15 is 0 Å². The molecule has 1 aromatic rings. The lowest BCUT2D eigenvalue weighted by Gasteiger charge is -2.37. The highest BCUT2D eigenvalue weighted by Crippen LogP contribution is 2.35. The Labute approximate surface area is 172 Å². The van der Waals surface area contributed by atoms with Crippen LogP contribution in [0.15, 0.2) is 23.2 Å². The fraction of sp³-hybridized carbons (Fsp3) is 0.632. The molecule has 3 rings (SSSR count). The topological polar surface area (TPSA) is 78.1 Å². The standard InChI is InChI=1S/C19H29N3O3.HI/c1-14-6-8-19(23-2,9-7-14)13-21-18(20)22-15-4-5-16-17(12-15)25-11-3-10-24-16;/h4-5,12,14H,3,6-11,13H2,1-2H3,(H3,20,21,22);1H. The summed E-state index contributed by atoms with van der Waals surface area (Å²) in [4.78, 5) is 4.53. The first kappa shape index (κ1) is 21.1. The molecule has 1 fully saturated rings. The number of benzene rings is 1. The number of nitrogens with one attached hydrogen (secondary N) is 1. The van der Waals surface area contributed by atoms with Crippen molar-refractivity contribution in [3.8, 4) is 11.5 Å². The molecule has 1 aliphatic carbocycles. The Hall–Kier alpha value is -1.22. The molecule has 0 aromatic heterocycles. The molecule has 1 heterocycles. The van der Waals surface area contributed by atoms with Crippen LogP contribution in [0, 0.1) is 5.92 Å². The van der Waals surface area contributed by atoms with Crippen molar-refractivity contribution in [3.63, 3.8) is 0 Å². The summed E-state index contributed by atoms with van der Waals surface area (Å²) in [6.45, 7) is 4.22. The van der Waals surface area contributed by atoms with Gasteiger partial charge in [-0.25, -0.2) is 0 Å². The van der Waals surface area contributed by atoms with Crippen LogP contribution in [-0.2, 0) is 4.74 Å². The number of anilines is 1. The van der Waals surface area contributed by atoms with Crippen LogP contribution in [0.3, 0.4) is 0 Å². The number of fused-ring (bicyclic) bond motifs is 1. The lowest BCUT2D eigenvalue weighted by Crippen LogP contribution is -2.40. The second kappa shape index (κ2) is 9.64. The SMILES string of the molecule is COC1(CN=C(N)Nc2ccc3c(c2)OCCCO3)CCC(C)CC1.I. The second-order valence-electron chi connectivity index (χ2n) is 7.11. The Balaban J connectivity index is 0.00000243. The number of hydrogen-bond acceptors (Lipinski definition) is 4. The molecule has 0 spiro atoms. The van der Waals surface area contributed by atoms with E-state index in [4.69, 9.17) is 19.9 Å². The number of rotatable bonds is 4. The quantitative estimate of drug-likeness (QED) is 0.394. The fourth-order valence-corrected chi connectivity index (χ4v) is 3.37. The number of nitrogens with two attached hydrogens (primary N) is 1. The molecule has 0 bridgehead atoms. The van der Waals surface area contributed by atoms with Crippen LogP contribution in [0.2, 0.25) is 0 Å². The molecule has 0 saturated heterocycles. The molecular formula is C19H30IN3O3. The number of guanidine groups is 1. The van der Waals surface area contributed by atoms with Crippen molar-refractivity contribution in [3.05, 3.63) is 18.2 Å². The van der Waals surface area contributed by atoms with Gasteiger partial charge in [0.05, 0.1) is 25.4 Å². The van der Waals surface area contributed by atoms with E-state index in [2.05, 4.69) is 17.2 Å². The summed E-state index contributed by atoms with van der Waals surface area (Å²) in [5, 5.41) is 3.14. The van der Waals surface area contributed by atoms with Gasteiger partial charge in [-0.05, 0) is 43.7 Å². The zero-order valence-electron chi connectivity index (χ0n) is 15.6. The van der Waals surface area contributed by atoms with Crippen LogP contribution in [0.5, 0.6) is 11.5 Å². The predicted octanol–water partition coefficient (Wildman–Crippen LogP) is 3.79. The highest BCUT2D eigenvalue weighted by molar-refractivity contribution is 14.0. The van der Waals surface area contributed by atoms with E-state index in [9.17, 15) is 0 Å². The average Bonchev–Trinajstić information content (AvgIpc) is 2.87. The van der Waals surface area contributed by atoms with Crippen LogP contribution >= 0.6 is 24.0 Å². The Kier molecular flexibility index (Phi) is 7.82. The lowest BCUT2D eigenvalue weighted by atomic mass is 9.79. The van der Waals surface area contributed by atoms with Crippen molar-refractivity contribution in [2.75, 3.05) is 32.2 Å². The van der Waals surface area contributed by atoms with Crippen molar-refractivity contribution in [2.45, 2.75) is 44.6 Å². The number of ether oxygens (including phenoxy) is 3. The molecule has 1 saturated carbocycles. The van der Waals surface area contributed by atoms with E-state index < -0.39 is 0 Å². The minimum Gasteiger partial charge on any atom is -0.490 e. The van der Waals surface area contributed by atoms with Gasteiger partial charge in [0.25, 0.3) is 0 Å². The summed E-state index contributed by atoms with van der Waals surface area (Å²) in [6, 6.07) is 5.72. The second-order valence-corrected chi connectivity index (χ2v) is 7.11. The summed E-state index contributed by atoms with van der Waals surface area (Å²) >= 11 is 0. The minimum atomic E-state index is -0.177. The zero-order chi connectivity index (χ0) is 17.7. The molecule has 0 radical (unpaired) electrons. The summed E-state index contributed by atoms with van der Waals surface area (Å²) in [5.74, 6) is 2.67. The summed E-state index contributed by atoms with van der Waals surface area (Å²) < 4.78 is 17.1. The summed E-state index contributed by atoms with van der Waals surface area (Å²) in [5.41, 5.74) is 6.75. The maximum absolute atomic E-state index is 6.08. The number of aliphatic imine (C=N–C) groups is 1. The molecule has 0 unspecified atom stereocenters. The molecule has 6 nitrogen and oxygen atoms in total. The van der Waals surface area contributed by atoms with E-state index in [0.29, 0.717) is 25.7 Å². The Morgan fingerprint density at radius 2 is 1.96 bits per heavy atom. The van der Waals surface area contributed by atoms with Crippen molar-refractivity contribution >= 4 is 35.6 Å². The maximum atomic E-state index is 6.08. The monoisotopic (exact) mass is 475 g/mol. The molecule has 3 N–H and O–H groups in total. The molecule has 1 aliphatic heterocycles. The molecule has 7 heteroatoms. The Morgan fingerprint density at radius 1 is 1.27 bits per heavy atom. The Bertz CT molecular complexity index is 616. The van der Waals surface area contributed by atoms with Crippen LogP contribution in [0.25, 0.3) is 0 Å².